The highest BCUT2D eigenvalue weighted by molar-refractivity contribution is 7.99. The van der Waals surface area contributed by atoms with Crippen LogP contribution >= 0.6 is 11.8 Å². The minimum Gasteiger partial charge on any atom is -0.351 e. The first kappa shape index (κ1) is 13.9. The van der Waals surface area contributed by atoms with Gasteiger partial charge in [0, 0.05) is 24.1 Å². The molecule has 3 rings (SSSR count). The third-order valence-corrected chi connectivity index (χ3v) is 4.85. The number of H-pyrrole nitrogens is 1. The van der Waals surface area contributed by atoms with Crippen molar-refractivity contribution in [2.24, 2.45) is 0 Å². The fraction of sp³-hybridized carbons (Fsp3) is 0.250. The molecule has 5 heteroatoms. The molecule has 0 saturated carbocycles. The van der Waals surface area contributed by atoms with Gasteiger partial charge in [-0.15, -0.1) is 0 Å². The average molecular weight is 300 g/mol. The highest BCUT2D eigenvalue weighted by Gasteiger charge is 2.20. The number of amides is 1. The quantitative estimate of drug-likeness (QED) is 0.913. The normalized spacial score (nSPS) is 17.0. The van der Waals surface area contributed by atoms with Crippen LogP contribution in [-0.2, 0) is 6.42 Å². The molecule has 1 aliphatic heterocycles. The van der Waals surface area contributed by atoms with E-state index in [4.69, 9.17) is 0 Å². The van der Waals surface area contributed by atoms with Crippen molar-refractivity contribution in [3.05, 3.63) is 69.6 Å². The molecule has 1 aromatic carbocycles. The molecule has 0 unspecified atom stereocenters. The predicted octanol–water partition coefficient (Wildman–Crippen LogP) is 2.14. The van der Waals surface area contributed by atoms with Crippen LogP contribution in [0.4, 0.5) is 0 Å². The van der Waals surface area contributed by atoms with Gasteiger partial charge in [-0.2, -0.15) is 11.8 Å². The number of aromatic amines is 1. The number of nitrogens with one attached hydrogen (secondary N) is 2. The molecule has 1 atom stereocenters. The molecule has 2 aromatic rings. The van der Waals surface area contributed by atoms with Gasteiger partial charge in [-0.1, -0.05) is 24.3 Å². The minimum absolute atomic E-state index is 0.157. The molecule has 0 saturated heterocycles. The number of aromatic nitrogens is 1. The molecule has 21 heavy (non-hydrogen) atoms. The number of hydrogen-bond acceptors (Lipinski definition) is 3. The van der Waals surface area contributed by atoms with E-state index in [1.165, 1.54) is 29.5 Å². The Morgan fingerprint density at radius 1 is 1.29 bits per heavy atom. The first-order valence-electron chi connectivity index (χ1n) is 6.90. The molecule has 0 fully saturated rings. The number of pyridine rings is 1. The lowest BCUT2D eigenvalue weighted by Gasteiger charge is -2.25. The van der Waals surface area contributed by atoms with Crippen molar-refractivity contribution in [3.63, 3.8) is 0 Å². The summed E-state index contributed by atoms with van der Waals surface area (Å²) in [4.78, 5) is 25.6. The van der Waals surface area contributed by atoms with E-state index in [0.717, 1.165) is 12.2 Å². The van der Waals surface area contributed by atoms with Gasteiger partial charge in [0.1, 0.15) is 0 Å². The van der Waals surface area contributed by atoms with Gasteiger partial charge in [-0.3, -0.25) is 9.59 Å². The number of aryl methyl sites for hydroxylation is 1. The number of rotatable bonds is 3. The fourth-order valence-corrected chi connectivity index (χ4v) is 3.72. The van der Waals surface area contributed by atoms with Gasteiger partial charge in [0.05, 0.1) is 5.56 Å². The van der Waals surface area contributed by atoms with E-state index in [1.54, 1.807) is 0 Å². The van der Waals surface area contributed by atoms with Gasteiger partial charge >= 0.3 is 0 Å². The van der Waals surface area contributed by atoms with E-state index in [2.05, 4.69) is 28.5 Å². The second-order valence-corrected chi connectivity index (χ2v) is 6.27. The van der Waals surface area contributed by atoms with Gasteiger partial charge in [-0.05, 0) is 29.4 Å². The molecule has 1 amide bonds. The summed E-state index contributed by atoms with van der Waals surface area (Å²) in [5.41, 5.74) is 2.96. The first-order valence-corrected chi connectivity index (χ1v) is 7.95. The molecule has 0 spiro atoms. The molecule has 1 aromatic heterocycles. The van der Waals surface area contributed by atoms with Crippen molar-refractivity contribution >= 4 is 17.7 Å². The summed E-state index contributed by atoms with van der Waals surface area (Å²) in [6.07, 6.45) is 2.53. The standard InChI is InChI=1S/C16H16N2O2S/c19-15-6-5-12(9-17-15)16(20)18-10-14-13-4-2-1-3-11(13)7-8-21-14/h1-6,9,14H,7-8,10H2,(H,17,19)(H,18,20)/t14-/m1/s1. The van der Waals surface area contributed by atoms with Crippen molar-refractivity contribution in [1.29, 1.82) is 0 Å². The molecule has 2 heterocycles. The van der Waals surface area contributed by atoms with Crippen LogP contribution in [-0.4, -0.2) is 23.2 Å². The summed E-state index contributed by atoms with van der Waals surface area (Å²) >= 11 is 1.87. The smallest absolute Gasteiger partial charge is 0.252 e. The number of benzene rings is 1. The second-order valence-electron chi connectivity index (χ2n) is 4.96. The van der Waals surface area contributed by atoms with E-state index in [1.807, 2.05) is 17.8 Å². The van der Waals surface area contributed by atoms with Gasteiger partial charge < -0.3 is 10.3 Å². The Morgan fingerprint density at radius 2 is 2.14 bits per heavy atom. The molecular weight excluding hydrogens is 284 g/mol. The first-order chi connectivity index (χ1) is 10.2. The van der Waals surface area contributed by atoms with E-state index in [-0.39, 0.29) is 11.5 Å². The highest BCUT2D eigenvalue weighted by Crippen LogP contribution is 2.35. The van der Waals surface area contributed by atoms with Crippen molar-refractivity contribution in [1.82, 2.24) is 10.3 Å². The van der Waals surface area contributed by atoms with Crippen molar-refractivity contribution in [2.45, 2.75) is 11.7 Å². The average Bonchev–Trinajstić information content (AvgIpc) is 2.53. The van der Waals surface area contributed by atoms with Crippen LogP contribution < -0.4 is 10.9 Å². The maximum absolute atomic E-state index is 12.1. The fourth-order valence-electron chi connectivity index (χ4n) is 2.49. The number of hydrogen-bond donors (Lipinski definition) is 2. The Morgan fingerprint density at radius 3 is 2.95 bits per heavy atom. The molecule has 4 nitrogen and oxygen atoms in total. The Balaban J connectivity index is 1.67. The number of carbonyl (C=O) groups is 1. The topological polar surface area (TPSA) is 62.0 Å². The lowest BCUT2D eigenvalue weighted by Crippen LogP contribution is -2.29. The van der Waals surface area contributed by atoms with Gasteiger partial charge in [0.15, 0.2) is 0 Å². The Hall–Kier alpha value is -2.01. The maximum Gasteiger partial charge on any atom is 0.252 e. The van der Waals surface area contributed by atoms with Gasteiger partial charge in [-0.25, -0.2) is 0 Å². The second kappa shape index (κ2) is 6.18. The number of fused-ring (bicyclic) bond motifs is 1. The van der Waals surface area contributed by atoms with Crippen LogP contribution in [0.25, 0.3) is 0 Å². The van der Waals surface area contributed by atoms with E-state index in [9.17, 15) is 9.59 Å². The van der Waals surface area contributed by atoms with Crippen LogP contribution in [0.3, 0.4) is 0 Å². The van der Waals surface area contributed by atoms with Gasteiger partial charge in [0.2, 0.25) is 5.56 Å². The summed E-state index contributed by atoms with van der Waals surface area (Å²) in [7, 11) is 0. The Kier molecular flexibility index (Phi) is 4.10. The third-order valence-electron chi connectivity index (χ3n) is 3.59. The monoisotopic (exact) mass is 300 g/mol. The lowest BCUT2D eigenvalue weighted by atomic mass is 10.0. The summed E-state index contributed by atoms with van der Waals surface area (Å²) in [5.74, 6) is 0.922. The predicted molar refractivity (Wildman–Crippen MR) is 84.7 cm³/mol. The van der Waals surface area contributed by atoms with Crippen LogP contribution in [0.5, 0.6) is 0 Å². The van der Waals surface area contributed by atoms with Crippen molar-refractivity contribution in [3.8, 4) is 0 Å². The summed E-state index contributed by atoms with van der Waals surface area (Å²) in [5, 5.41) is 3.24. The largest absolute Gasteiger partial charge is 0.351 e. The molecule has 108 valence electrons. The minimum atomic E-state index is -0.205. The Labute approximate surface area is 127 Å². The van der Waals surface area contributed by atoms with E-state index >= 15 is 0 Å². The van der Waals surface area contributed by atoms with Crippen LogP contribution in [0, 0.1) is 0 Å². The SMILES string of the molecule is O=C(NC[C@H]1SCCc2ccccc21)c1ccc(=O)[nH]c1. The third kappa shape index (κ3) is 3.19. The van der Waals surface area contributed by atoms with Crippen molar-refractivity contribution < 1.29 is 4.79 Å². The zero-order valence-corrected chi connectivity index (χ0v) is 12.3. The van der Waals surface area contributed by atoms with E-state index in [0.29, 0.717) is 17.4 Å². The molecule has 1 aliphatic rings. The number of carbonyl (C=O) groups excluding carboxylic acids is 1. The molecule has 0 aliphatic carbocycles. The van der Waals surface area contributed by atoms with Crippen LogP contribution in [0.1, 0.15) is 26.7 Å². The maximum atomic E-state index is 12.1. The zero-order valence-electron chi connectivity index (χ0n) is 11.5. The Bertz CT molecular complexity index is 691. The molecule has 0 radical (unpaired) electrons. The highest BCUT2D eigenvalue weighted by atomic mass is 32.2. The summed E-state index contributed by atoms with van der Waals surface area (Å²) in [6, 6.07) is 11.3. The molecule has 2 N–H and O–H groups in total. The van der Waals surface area contributed by atoms with Crippen LogP contribution in [0.2, 0.25) is 0 Å². The van der Waals surface area contributed by atoms with Gasteiger partial charge in [0.25, 0.3) is 5.91 Å². The zero-order chi connectivity index (χ0) is 14.7. The summed E-state index contributed by atoms with van der Waals surface area (Å²) in [6.45, 7) is 0.597. The number of thioether (sulfide) groups is 1. The van der Waals surface area contributed by atoms with Crippen LogP contribution in [0.15, 0.2) is 47.4 Å². The molecular formula is C16H16N2O2S. The van der Waals surface area contributed by atoms with E-state index < -0.39 is 0 Å². The molecule has 0 bridgehead atoms. The lowest BCUT2D eigenvalue weighted by molar-refractivity contribution is 0.0953. The summed E-state index contributed by atoms with van der Waals surface area (Å²) < 4.78 is 0. The van der Waals surface area contributed by atoms with Crippen molar-refractivity contribution in [2.75, 3.05) is 12.3 Å².